The molecule has 25 heavy (non-hydrogen) atoms. The molecule has 1 fully saturated rings. The highest BCUT2D eigenvalue weighted by Crippen LogP contribution is 2.33. The third-order valence-corrected chi connectivity index (χ3v) is 5.79. The number of fused-ring (bicyclic) bond motifs is 1. The highest BCUT2D eigenvalue weighted by atomic mass is 35.5. The van der Waals surface area contributed by atoms with E-state index in [0.29, 0.717) is 23.8 Å². The number of benzene rings is 2. The number of carbonyl (C=O) groups is 1. The lowest BCUT2D eigenvalue weighted by Gasteiger charge is -2.37. The maximum Gasteiger partial charge on any atom is 0.231 e. The molecule has 0 aliphatic carbocycles. The predicted octanol–water partition coefficient (Wildman–Crippen LogP) is 4.47. The lowest BCUT2D eigenvalue weighted by atomic mass is 10.00. The van der Waals surface area contributed by atoms with Crippen molar-refractivity contribution < 1.29 is 9.18 Å². The van der Waals surface area contributed by atoms with E-state index in [9.17, 15) is 9.18 Å². The van der Waals surface area contributed by atoms with Crippen LogP contribution < -0.4 is 10.2 Å². The van der Waals surface area contributed by atoms with Gasteiger partial charge in [0, 0.05) is 23.8 Å². The van der Waals surface area contributed by atoms with Crippen molar-refractivity contribution in [1.82, 2.24) is 4.98 Å². The maximum atomic E-state index is 13.3. The quantitative estimate of drug-likeness (QED) is 0.734. The number of halogens is 2. The first-order valence-electron chi connectivity index (χ1n) is 7.87. The number of hydrogen-bond donors (Lipinski definition) is 1. The van der Waals surface area contributed by atoms with Gasteiger partial charge < -0.3 is 10.2 Å². The van der Waals surface area contributed by atoms with Crippen LogP contribution in [0, 0.1) is 18.7 Å². The van der Waals surface area contributed by atoms with Gasteiger partial charge in [-0.25, -0.2) is 9.37 Å². The Morgan fingerprint density at radius 2 is 2.12 bits per heavy atom. The Bertz CT molecular complexity index is 968. The van der Waals surface area contributed by atoms with Gasteiger partial charge in [0.05, 0.1) is 16.1 Å². The van der Waals surface area contributed by atoms with Crippen LogP contribution in [0.2, 0.25) is 5.02 Å². The molecule has 4 nitrogen and oxygen atoms in total. The van der Waals surface area contributed by atoms with E-state index in [1.807, 2.05) is 24.0 Å². The molecule has 0 spiro atoms. The van der Waals surface area contributed by atoms with Crippen LogP contribution >= 0.6 is 22.9 Å². The van der Waals surface area contributed by atoms with Crippen LogP contribution in [0.3, 0.4) is 0 Å². The van der Waals surface area contributed by atoms with E-state index in [0.717, 1.165) is 20.9 Å². The molecule has 0 bridgehead atoms. The van der Waals surface area contributed by atoms with Crippen LogP contribution in [-0.2, 0) is 4.79 Å². The highest BCUT2D eigenvalue weighted by Gasteiger charge is 2.34. The lowest BCUT2D eigenvalue weighted by Crippen LogP contribution is -2.52. The third-order valence-electron chi connectivity index (χ3n) is 4.30. The fourth-order valence-corrected chi connectivity index (χ4v) is 3.93. The fourth-order valence-electron chi connectivity index (χ4n) is 2.74. The molecule has 0 atom stereocenters. The normalized spacial score (nSPS) is 14.6. The van der Waals surface area contributed by atoms with Crippen molar-refractivity contribution in [3.63, 3.8) is 0 Å². The molecule has 2 heterocycles. The van der Waals surface area contributed by atoms with Crippen LogP contribution in [-0.4, -0.2) is 24.0 Å². The molecule has 3 aromatic rings. The summed E-state index contributed by atoms with van der Waals surface area (Å²) in [6.45, 7) is 3.13. The Labute approximate surface area is 153 Å². The topological polar surface area (TPSA) is 45.2 Å². The maximum absolute atomic E-state index is 13.3. The Hall–Kier alpha value is -2.18. The second-order valence-corrected chi connectivity index (χ2v) is 7.58. The molecule has 128 valence electrons. The molecule has 1 aliphatic heterocycles. The van der Waals surface area contributed by atoms with E-state index < -0.39 is 0 Å². The van der Waals surface area contributed by atoms with Crippen molar-refractivity contribution in [3.8, 4) is 0 Å². The van der Waals surface area contributed by atoms with Crippen molar-refractivity contribution in [1.29, 1.82) is 0 Å². The van der Waals surface area contributed by atoms with Gasteiger partial charge in [-0.05, 0) is 42.8 Å². The number of hydrogen-bond acceptors (Lipinski definition) is 4. The minimum atomic E-state index is -0.264. The molecule has 1 aliphatic rings. The zero-order valence-corrected chi connectivity index (χ0v) is 15.0. The van der Waals surface area contributed by atoms with Gasteiger partial charge in [0.15, 0.2) is 5.13 Å². The molecule has 0 saturated carbocycles. The van der Waals surface area contributed by atoms with Crippen LogP contribution in [0.25, 0.3) is 10.2 Å². The smallest absolute Gasteiger partial charge is 0.231 e. The summed E-state index contributed by atoms with van der Waals surface area (Å²) in [6.07, 6.45) is 0. The second-order valence-electron chi connectivity index (χ2n) is 6.16. The zero-order chi connectivity index (χ0) is 17.6. The number of carbonyl (C=O) groups excluding carboxylic acids is 1. The largest absolute Gasteiger partial charge is 0.346 e. The van der Waals surface area contributed by atoms with E-state index >= 15 is 0 Å². The highest BCUT2D eigenvalue weighted by molar-refractivity contribution is 7.22. The van der Waals surface area contributed by atoms with Crippen LogP contribution in [0.15, 0.2) is 36.4 Å². The summed E-state index contributed by atoms with van der Waals surface area (Å²) in [5.74, 6) is -0.382. The number of amides is 1. The van der Waals surface area contributed by atoms with Gasteiger partial charge in [-0.1, -0.05) is 29.0 Å². The van der Waals surface area contributed by atoms with E-state index in [4.69, 9.17) is 11.6 Å². The van der Waals surface area contributed by atoms with Crippen molar-refractivity contribution in [2.24, 2.45) is 5.92 Å². The summed E-state index contributed by atoms with van der Waals surface area (Å²) in [5.41, 5.74) is 2.46. The summed E-state index contributed by atoms with van der Waals surface area (Å²) in [4.78, 5) is 18.9. The molecule has 1 amide bonds. The molecule has 7 heteroatoms. The van der Waals surface area contributed by atoms with E-state index in [1.165, 1.54) is 23.5 Å². The van der Waals surface area contributed by atoms with Crippen molar-refractivity contribution in [2.45, 2.75) is 6.92 Å². The lowest BCUT2D eigenvalue weighted by molar-refractivity contribution is -0.120. The first-order chi connectivity index (χ1) is 12.0. The molecule has 0 radical (unpaired) electrons. The summed E-state index contributed by atoms with van der Waals surface area (Å²) in [5, 5.41) is 4.36. The molecule has 1 saturated heterocycles. The zero-order valence-electron chi connectivity index (χ0n) is 13.4. The van der Waals surface area contributed by atoms with Crippen LogP contribution in [0.4, 0.5) is 15.2 Å². The van der Waals surface area contributed by atoms with E-state index in [-0.39, 0.29) is 17.6 Å². The SMILES string of the molecule is Cc1ccc(NC(=O)C2CN(c3nc4ccc(F)cc4s3)C2)cc1Cl. The van der Waals surface area contributed by atoms with Crippen molar-refractivity contribution in [3.05, 3.63) is 52.8 Å². The van der Waals surface area contributed by atoms with Gasteiger partial charge in [0.25, 0.3) is 0 Å². The van der Waals surface area contributed by atoms with Crippen LogP contribution in [0.1, 0.15) is 5.56 Å². The predicted molar refractivity (Wildman–Crippen MR) is 100 cm³/mol. The van der Waals surface area contributed by atoms with E-state index in [2.05, 4.69) is 10.3 Å². The second kappa shape index (κ2) is 6.28. The summed E-state index contributed by atoms with van der Waals surface area (Å²) < 4.78 is 14.1. The summed E-state index contributed by atoms with van der Waals surface area (Å²) in [6, 6.07) is 10.1. The number of thiazole rings is 1. The molecule has 1 N–H and O–H groups in total. The Kier molecular flexibility index (Phi) is 4.09. The average molecular weight is 376 g/mol. The first-order valence-corrected chi connectivity index (χ1v) is 9.07. The molecular formula is C18H15ClFN3OS. The molecule has 4 rings (SSSR count). The number of rotatable bonds is 3. The van der Waals surface area contributed by atoms with Gasteiger partial charge >= 0.3 is 0 Å². The number of nitrogens with one attached hydrogen (secondary N) is 1. The van der Waals surface area contributed by atoms with Crippen molar-refractivity contribution >= 4 is 49.9 Å². The Balaban J connectivity index is 1.40. The number of nitrogens with zero attached hydrogens (tertiary/aromatic N) is 2. The Morgan fingerprint density at radius 3 is 2.88 bits per heavy atom. The van der Waals surface area contributed by atoms with E-state index in [1.54, 1.807) is 12.1 Å². The third kappa shape index (κ3) is 3.19. The first kappa shape index (κ1) is 16.3. The molecular weight excluding hydrogens is 361 g/mol. The number of aryl methyl sites for hydroxylation is 1. The Morgan fingerprint density at radius 1 is 1.32 bits per heavy atom. The number of anilines is 2. The van der Waals surface area contributed by atoms with Gasteiger partial charge in [0.2, 0.25) is 5.91 Å². The minimum Gasteiger partial charge on any atom is -0.346 e. The summed E-state index contributed by atoms with van der Waals surface area (Å²) in [7, 11) is 0. The molecule has 0 unspecified atom stereocenters. The van der Waals surface area contributed by atoms with Gasteiger partial charge in [0.1, 0.15) is 5.82 Å². The van der Waals surface area contributed by atoms with Gasteiger partial charge in [-0.15, -0.1) is 0 Å². The van der Waals surface area contributed by atoms with Gasteiger partial charge in [-0.3, -0.25) is 4.79 Å². The van der Waals surface area contributed by atoms with Gasteiger partial charge in [-0.2, -0.15) is 0 Å². The fraction of sp³-hybridized carbons (Fsp3) is 0.222. The minimum absolute atomic E-state index is 0.0247. The average Bonchev–Trinajstić information content (AvgIpc) is 2.92. The summed E-state index contributed by atoms with van der Waals surface area (Å²) >= 11 is 7.53. The molecule has 1 aromatic heterocycles. The standard InChI is InChI=1S/C18H15ClFN3OS/c1-10-2-4-13(7-14(10)19)21-17(24)11-8-23(9-11)18-22-15-5-3-12(20)6-16(15)25-18/h2-7,11H,8-9H2,1H3,(H,21,24). The molecule has 2 aromatic carbocycles. The monoisotopic (exact) mass is 375 g/mol. The van der Waals surface area contributed by atoms with Crippen LogP contribution in [0.5, 0.6) is 0 Å². The number of aromatic nitrogens is 1. The van der Waals surface area contributed by atoms with Crippen molar-refractivity contribution in [2.75, 3.05) is 23.3 Å².